The van der Waals surface area contributed by atoms with Gasteiger partial charge < -0.3 is 20.1 Å². The van der Waals surface area contributed by atoms with Crippen LogP contribution in [0.5, 0.6) is 0 Å². The summed E-state index contributed by atoms with van der Waals surface area (Å²) in [5, 5.41) is 11.2. The van der Waals surface area contributed by atoms with Gasteiger partial charge in [-0.15, -0.1) is 0 Å². The number of carbonyl (C=O) groups is 2. The summed E-state index contributed by atoms with van der Waals surface area (Å²) in [5.41, 5.74) is 0. The van der Waals surface area contributed by atoms with Crippen LogP contribution >= 0.6 is 0 Å². The summed E-state index contributed by atoms with van der Waals surface area (Å²) in [6.07, 6.45) is 1.11. The highest BCUT2D eigenvalue weighted by atomic mass is 32.2. The summed E-state index contributed by atoms with van der Waals surface area (Å²) >= 11 is 0. The van der Waals surface area contributed by atoms with E-state index >= 15 is 0 Å². The number of carboxylic acid groups (broad SMARTS) is 1. The van der Waals surface area contributed by atoms with Crippen molar-refractivity contribution in [3.05, 3.63) is 0 Å². The summed E-state index contributed by atoms with van der Waals surface area (Å²) in [7, 11) is -1.92. The second kappa shape index (κ2) is 6.86. The smallest absolute Gasteiger partial charge is 0.328 e. The molecule has 1 rings (SSSR count). The van der Waals surface area contributed by atoms with Crippen molar-refractivity contribution in [2.45, 2.75) is 6.04 Å². The van der Waals surface area contributed by atoms with Crippen LogP contribution in [0.1, 0.15) is 0 Å². The minimum absolute atomic E-state index is 0.135. The van der Waals surface area contributed by atoms with Crippen molar-refractivity contribution in [1.29, 1.82) is 0 Å². The first kappa shape index (κ1) is 16.7. The molecule has 0 aromatic carbocycles. The van der Waals surface area contributed by atoms with Gasteiger partial charge >= 0.3 is 12.0 Å². The van der Waals surface area contributed by atoms with Crippen LogP contribution in [0, 0.1) is 0 Å². The minimum atomic E-state index is -3.26. The van der Waals surface area contributed by atoms with Gasteiger partial charge in [0.15, 0.2) is 6.04 Å². The molecule has 0 aliphatic carbocycles. The van der Waals surface area contributed by atoms with Gasteiger partial charge in [0.2, 0.25) is 10.0 Å². The molecule has 10 heteroatoms. The van der Waals surface area contributed by atoms with E-state index in [9.17, 15) is 18.0 Å². The fourth-order valence-electron chi connectivity index (χ4n) is 1.80. The number of piperazine rings is 1. The highest BCUT2D eigenvalue weighted by Gasteiger charge is 2.28. The highest BCUT2D eigenvalue weighted by Crippen LogP contribution is 2.06. The van der Waals surface area contributed by atoms with Crippen LogP contribution in [-0.2, 0) is 19.6 Å². The van der Waals surface area contributed by atoms with Crippen LogP contribution in [0.3, 0.4) is 0 Å². The number of urea groups is 1. The number of sulfonamides is 1. The Morgan fingerprint density at radius 1 is 1.30 bits per heavy atom. The van der Waals surface area contributed by atoms with E-state index in [1.54, 1.807) is 0 Å². The third-order valence-corrected chi connectivity index (χ3v) is 4.23. The molecule has 1 saturated heterocycles. The molecule has 0 spiro atoms. The molecule has 20 heavy (non-hydrogen) atoms. The van der Waals surface area contributed by atoms with Gasteiger partial charge in [-0.2, -0.15) is 4.31 Å². The standard InChI is InChI=1S/C10H19N3O6S/c1-19-7-8(9(14)15)11-10(16)12-3-5-13(6-4-12)20(2,17)18/h8H,3-7H2,1-2H3,(H,11,16)(H,14,15). The van der Waals surface area contributed by atoms with Crippen molar-refractivity contribution in [1.82, 2.24) is 14.5 Å². The number of aliphatic carboxylic acids is 1. The number of carbonyl (C=O) groups excluding carboxylic acids is 1. The maximum atomic E-state index is 11.9. The molecular formula is C10H19N3O6S. The Bertz CT molecular complexity index is 458. The lowest BCUT2D eigenvalue weighted by atomic mass is 10.3. The van der Waals surface area contributed by atoms with E-state index in [1.807, 2.05) is 0 Å². The minimum Gasteiger partial charge on any atom is -0.480 e. The third-order valence-electron chi connectivity index (χ3n) is 2.92. The number of methoxy groups -OCH3 is 1. The van der Waals surface area contributed by atoms with Gasteiger partial charge in [-0.3, -0.25) is 0 Å². The lowest BCUT2D eigenvalue weighted by Gasteiger charge is -2.33. The summed E-state index contributed by atoms with van der Waals surface area (Å²) in [6, 6.07) is -1.66. The molecule has 0 radical (unpaired) electrons. The Labute approximate surface area is 117 Å². The van der Waals surface area contributed by atoms with Gasteiger partial charge in [-0.1, -0.05) is 0 Å². The van der Waals surface area contributed by atoms with Crippen molar-refractivity contribution < 1.29 is 27.9 Å². The second-order valence-electron chi connectivity index (χ2n) is 4.44. The van der Waals surface area contributed by atoms with Crippen LogP contribution in [-0.4, -0.2) is 86.9 Å². The molecule has 0 aromatic heterocycles. The average Bonchev–Trinajstić information content (AvgIpc) is 2.37. The zero-order chi connectivity index (χ0) is 15.3. The van der Waals surface area contributed by atoms with Crippen molar-refractivity contribution in [3.63, 3.8) is 0 Å². The molecule has 0 saturated carbocycles. The highest BCUT2D eigenvalue weighted by molar-refractivity contribution is 7.88. The third kappa shape index (κ3) is 4.62. The van der Waals surface area contributed by atoms with E-state index in [4.69, 9.17) is 9.84 Å². The molecular weight excluding hydrogens is 290 g/mol. The predicted molar refractivity (Wildman–Crippen MR) is 69.8 cm³/mol. The van der Waals surface area contributed by atoms with Gasteiger partial charge in [0.1, 0.15) is 0 Å². The Morgan fingerprint density at radius 2 is 1.85 bits per heavy atom. The van der Waals surface area contributed by atoms with Crippen molar-refractivity contribution in [2.24, 2.45) is 0 Å². The molecule has 0 aromatic rings. The normalized spacial score (nSPS) is 18.6. The zero-order valence-electron chi connectivity index (χ0n) is 11.4. The Hall–Kier alpha value is -1.39. The molecule has 2 N–H and O–H groups in total. The topological polar surface area (TPSA) is 116 Å². The van der Waals surface area contributed by atoms with Crippen LogP contribution in [0.25, 0.3) is 0 Å². The molecule has 1 aliphatic rings. The first-order valence-electron chi connectivity index (χ1n) is 5.98. The van der Waals surface area contributed by atoms with E-state index in [2.05, 4.69) is 5.32 Å². The monoisotopic (exact) mass is 309 g/mol. The van der Waals surface area contributed by atoms with Gasteiger partial charge in [0.25, 0.3) is 0 Å². The molecule has 116 valence electrons. The number of rotatable bonds is 5. The van der Waals surface area contributed by atoms with E-state index in [1.165, 1.54) is 16.3 Å². The van der Waals surface area contributed by atoms with E-state index < -0.39 is 28.1 Å². The molecule has 0 bridgehead atoms. The molecule has 1 aliphatic heterocycles. The molecule has 2 amide bonds. The number of ether oxygens (including phenoxy) is 1. The number of hydrogen-bond acceptors (Lipinski definition) is 5. The number of hydrogen-bond donors (Lipinski definition) is 2. The van der Waals surface area contributed by atoms with E-state index in [0.29, 0.717) is 0 Å². The van der Waals surface area contributed by atoms with Crippen LogP contribution in [0.15, 0.2) is 0 Å². The maximum absolute atomic E-state index is 11.9. The fraction of sp³-hybridized carbons (Fsp3) is 0.800. The van der Waals surface area contributed by atoms with E-state index in [-0.39, 0.29) is 32.8 Å². The zero-order valence-corrected chi connectivity index (χ0v) is 12.2. The Balaban J connectivity index is 2.52. The quantitative estimate of drug-likeness (QED) is 0.630. The van der Waals surface area contributed by atoms with Crippen LogP contribution in [0.2, 0.25) is 0 Å². The predicted octanol–water partition coefficient (Wildman–Crippen LogP) is -1.63. The SMILES string of the molecule is COCC(NC(=O)N1CCN(S(C)(=O)=O)CC1)C(=O)O. The number of amides is 2. The first-order valence-corrected chi connectivity index (χ1v) is 7.83. The molecule has 1 unspecified atom stereocenters. The van der Waals surface area contributed by atoms with Crippen molar-refractivity contribution in [3.8, 4) is 0 Å². The van der Waals surface area contributed by atoms with Gasteiger partial charge in [-0.25, -0.2) is 18.0 Å². The first-order chi connectivity index (χ1) is 9.25. The van der Waals surface area contributed by atoms with E-state index in [0.717, 1.165) is 6.26 Å². The average molecular weight is 309 g/mol. The number of nitrogens with one attached hydrogen (secondary N) is 1. The van der Waals surface area contributed by atoms with Crippen LogP contribution in [0.4, 0.5) is 4.79 Å². The number of carboxylic acids is 1. The molecule has 1 heterocycles. The molecule has 9 nitrogen and oxygen atoms in total. The van der Waals surface area contributed by atoms with Crippen molar-refractivity contribution >= 4 is 22.0 Å². The Kier molecular flexibility index (Phi) is 5.72. The second-order valence-corrected chi connectivity index (χ2v) is 6.43. The fourth-order valence-corrected chi connectivity index (χ4v) is 2.63. The molecule has 1 fully saturated rings. The summed E-state index contributed by atoms with van der Waals surface area (Å²) in [5.74, 6) is -1.19. The van der Waals surface area contributed by atoms with Crippen LogP contribution < -0.4 is 5.32 Å². The maximum Gasteiger partial charge on any atom is 0.328 e. The number of nitrogens with zero attached hydrogens (tertiary/aromatic N) is 2. The summed E-state index contributed by atoms with van der Waals surface area (Å²) in [6.45, 7) is 0.712. The summed E-state index contributed by atoms with van der Waals surface area (Å²) in [4.78, 5) is 24.1. The van der Waals surface area contributed by atoms with Gasteiger partial charge in [0.05, 0.1) is 12.9 Å². The molecule has 1 atom stereocenters. The van der Waals surface area contributed by atoms with Crippen molar-refractivity contribution in [2.75, 3.05) is 46.2 Å². The van der Waals surface area contributed by atoms with Gasteiger partial charge in [0, 0.05) is 33.3 Å². The van der Waals surface area contributed by atoms with Gasteiger partial charge in [-0.05, 0) is 0 Å². The Morgan fingerprint density at radius 3 is 2.25 bits per heavy atom. The largest absolute Gasteiger partial charge is 0.480 e. The summed E-state index contributed by atoms with van der Waals surface area (Å²) < 4.78 is 28.6. The lowest BCUT2D eigenvalue weighted by molar-refractivity contribution is -0.140. The lowest BCUT2D eigenvalue weighted by Crippen LogP contribution is -2.56.